The molecule has 0 bridgehead atoms. The fraction of sp³-hybridized carbons (Fsp3) is 0.800. The van der Waals surface area contributed by atoms with Gasteiger partial charge in [-0.25, -0.2) is 9.59 Å². The van der Waals surface area contributed by atoms with Crippen LogP contribution in [0.15, 0.2) is 0 Å². The van der Waals surface area contributed by atoms with Crippen LogP contribution in [0.5, 0.6) is 0 Å². The van der Waals surface area contributed by atoms with E-state index in [0.29, 0.717) is 19.1 Å². The van der Waals surface area contributed by atoms with Crippen LogP contribution in [0.1, 0.15) is 26.2 Å². The molecule has 0 aromatic rings. The summed E-state index contributed by atoms with van der Waals surface area (Å²) in [6.45, 7) is 2.79. The molecule has 0 aromatic carbocycles. The third kappa shape index (κ3) is 1.66. The smallest absolute Gasteiger partial charge is 0.326 e. The molecule has 2 rings (SSSR count). The fourth-order valence-electron chi connectivity index (χ4n) is 2.10. The number of carboxylic acids is 1. The van der Waals surface area contributed by atoms with Crippen LogP contribution in [0.2, 0.25) is 0 Å². The molecule has 1 N–H and O–H groups in total. The normalized spacial score (nSPS) is 24.2. The quantitative estimate of drug-likeness (QED) is 0.751. The Bertz CT molecular complexity index is 288. The van der Waals surface area contributed by atoms with E-state index in [1.54, 1.807) is 6.92 Å². The SMILES string of the molecule is CC(C(=O)O)N1CCN(C2CCC2)C1=O. The number of carboxylic acid groups (broad SMARTS) is 1. The second-order valence-corrected chi connectivity index (χ2v) is 4.27. The summed E-state index contributed by atoms with van der Waals surface area (Å²) < 4.78 is 0. The van der Waals surface area contributed by atoms with Crippen LogP contribution in [0.3, 0.4) is 0 Å². The van der Waals surface area contributed by atoms with Crippen molar-refractivity contribution in [3.63, 3.8) is 0 Å². The third-order valence-corrected chi connectivity index (χ3v) is 3.41. The van der Waals surface area contributed by atoms with Crippen molar-refractivity contribution in [3.05, 3.63) is 0 Å². The molecule has 1 saturated carbocycles. The maximum Gasteiger partial charge on any atom is 0.326 e. The number of hydrogen-bond acceptors (Lipinski definition) is 2. The van der Waals surface area contributed by atoms with E-state index in [-0.39, 0.29) is 6.03 Å². The van der Waals surface area contributed by atoms with Gasteiger partial charge in [-0.3, -0.25) is 0 Å². The van der Waals surface area contributed by atoms with E-state index in [4.69, 9.17) is 5.11 Å². The van der Waals surface area contributed by atoms with Crippen molar-refractivity contribution in [1.29, 1.82) is 0 Å². The van der Waals surface area contributed by atoms with Crippen molar-refractivity contribution in [1.82, 2.24) is 9.80 Å². The maximum absolute atomic E-state index is 11.9. The highest BCUT2D eigenvalue weighted by molar-refractivity contribution is 5.84. The largest absolute Gasteiger partial charge is 0.480 e. The molecule has 1 saturated heterocycles. The molecule has 2 aliphatic rings. The first-order valence-electron chi connectivity index (χ1n) is 5.41. The third-order valence-electron chi connectivity index (χ3n) is 3.41. The topological polar surface area (TPSA) is 60.9 Å². The fourth-order valence-corrected chi connectivity index (χ4v) is 2.10. The summed E-state index contributed by atoms with van der Waals surface area (Å²) in [5.41, 5.74) is 0. The van der Waals surface area contributed by atoms with Crippen LogP contribution in [-0.2, 0) is 4.79 Å². The molecule has 1 heterocycles. The van der Waals surface area contributed by atoms with Gasteiger partial charge in [-0.15, -0.1) is 0 Å². The lowest BCUT2D eigenvalue weighted by Crippen LogP contribution is -2.46. The average Bonchev–Trinajstić information content (AvgIpc) is 2.45. The first-order chi connectivity index (χ1) is 7.11. The van der Waals surface area contributed by atoms with E-state index in [9.17, 15) is 9.59 Å². The Kier molecular flexibility index (Phi) is 2.54. The van der Waals surface area contributed by atoms with Gasteiger partial charge in [-0.1, -0.05) is 0 Å². The second kappa shape index (κ2) is 3.72. The molecule has 1 unspecified atom stereocenters. The Morgan fingerprint density at radius 3 is 2.60 bits per heavy atom. The standard InChI is InChI=1S/C10H16N2O3/c1-7(9(13)14)11-5-6-12(10(11)15)8-3-2-4-8/h7-8H,2-6H2,1H3,(H,13,14). The average molecular weight is 212 g/mol. The van der Waals surface area contributed by atoms with Crippen molar-refractivity contribution in [3.8, 4) is 0 Å². The predicted octanol–water partition coefficient (Wildman–Crippen LogP) is 0.750. The molecule has 15 heavy (non-hydrogen) atoms. The summed E-state index contributed by atoms with van der Waals surface area (Å²) >= 11 is 0. The minimum Gasteiger partial charge on any atom is -0.480 e. The minimum atomic E-state index is -0.932. The summed E-state index contributed by atoms with van der Waals surface area (Å²) in [5, 5.41) is 8.84. The van der Waals surface area contributed by atoms with Gasteiger partial charge in [-0.05, 0) is 26.2 Å². The van der Waals surface area contributed by atoms with Crippen molar-refractivity contribution in [2.75, 3.05) is 13.1 Å². The molecule has 5 heteroatoms. The van der Waals surface area contributed by atoms with E-state index in [0.717, 1.165) is 12.8 Å². The predicted molar refractivity (Wildman–Crippen MR) is 53.5 cm³/mol. The lowest BCUT2D eigenvalue weighted by Gasteiger charge is -2.34. The second-order valence-electron chi connectivity index (χ2n) is 4.27. The van der Waals surface area contributed by atoms with Crippen LogP contribution in [0, 0.1) is 0 Å². The van der Waals surface area contributed by atoms with Gasteiger partial charge in [0.1, 0.15) is 6.04 Å². The van der Waals surface area contributed by atoms with Crippen LogP contribution in [0.25, 0.3) is 0 Å². The molecule has 1 aliphatic heterocycles. The number of urea groups is 1. The lowest BCUT2D eigenvalue weighted by molar-refractivity contribution is -0.141. The highest BCUT2D eigenvalue weighted by Gasteiger charge is 2.39. The van der Waals surface area contributed by atoms with Crippen LogP contribution >= 0.6 is 0 Å². The Labute approximate surface area is 88.6 Å². The molecule has 2 fully saturated rings. The Balaban J connectivity index is 2.00. The number of carbonyl (C=O) groups excluding carboxylic acids is 1. The number of rotatable bonds is 3. The number of nitrogens with zero attached hydrogens (tertiary/aromatic N) is 2. The van der Waals surface area contributed by atoms with Gasteiger partial charge in [0.15, 0.2) is 0 Å². The highest BCUT2D eigenvalue weighted by Crippen LogP contribution is 2.28. The van der Waals surface area contributed by atoms with E-state index >= 15 is 0 Å². The molecule has 0 spiro atoms. The molecule has 84 valence electrons. The zero-order valence-electron chi connectivity index (χ0n) is 8.85. The Hall–Kier alpha value is -1.26. The van der Waals surface area contributed by atoms with E-state index < -0.39 is 12.0 Å². The van der Waals surface area contributed by atoms with Gasteiger partial charge in [0.2, 0.25) is 0 Å². The van der Waals surface area contributed by atoms with Crippen molar-refractivity contribution >= 4 is 12.0 Å². The Morgan fingerprint density at radius 2 is 2.13 bits per heavy atom. The van der Waals surface area contributed by atoms with Crippen molar-refractivity contribution in [2.24, 2.45) is 0 Å². The van der Waals surface area contributed by atoms with Crippen LogP contribution in [-0.4, -0.2) is 52.1 Å². The molecule has 5 nitrogen and oxygen atoms in total. The lowest BCUT2D eigenvalue weighted by atomic mass is 9.92. The molecule has 2 amide bonds. The molecule has 1 aliphatic carbocycles. The summed E-state index contributed by atoms with van der Waals surface area (Å²) in [7, 11) is 0. The van der Waals surface area contributed by atoms with Gasteiger partial charge in [0.05, 0.1) is 0 Å². The molecule has 1 atom stereocenters. The van der Waals surface area contributed by atoms with Gasteiger partial charge in [0, 0.05) is 19.1 Å². The summed E-state index contributed by atoms with van der Waals surface area (Å²) in [5.74, 6) is -0.932. The van der Waals surface area contributed by atoms with Crippen LogP contribution in [0.4, 0.5) is 4.79 Å². The maximum atomic E-state index is 11.9. The zero-order chi connectivity index (χ0) is 11.0. The van der Waals surface area contributed by atoms with Gasteiger partial charge >= 0.3 is 12.0 Å². The number of hydrogen-bond donors (Lipinski definition) is 1. The van der Waals surface area contributed by atoms with E-state index in [1.165, 1.54) is 11.3 Å². The summed E-state index contributed by atoms with van der Waals surface area (Å²) in [4.78, 5) is 25.9. The minimum absolute atomic E-state index is 0.102. The monoisotopic (exact) mass is 212 g/mol. The van der Waals surface area contributed by atoms with Gasteiger partial charge < -0.3 is 14.9 Å². The molecular formula is C10H16N2O3. The first kappa shape index (κ1) is 10.3. The first-order valence-corrected chi connectivity index (χ1v) is 5.41. The zero-order valence-corrected chi connectivity index (χ0v) is 8.85. The number of aliphatic carboxylic acids is 1. The van der Waals surface area contributed by atoms with Crippen LogP contribution < -0.4 is 0 Å². The van der Waals surface area contributed by atoms with Gasteiger partial charge in [0.25, 0.3) is 0 Å². The number of carbonyl (C=O) groups is 2. The van der Waals surface area contributed by atoms with Crippen molar-refractivity contribution < 1.29 is 14.7 Å². The number of amides is 2. The summed E-state index contributed by atoms with van der Waals surface area (Å²) in [6, 6.07) is -0.444. The van der Waals surface area contributed by atoms with E-state index in [1.807, 2.05) is 4.90 Å². The highest BCUT2D eigenvalue weighted by atomic mass is 16.4. The summed E-state index contributed by atoms with van der Waals surface area (Å²) in [6.07, 6.45) is 3.32. The van der Waals surface area contributed by atoms with E-state index in [2.05, 4.69) is 0 Å². The molecule has 0 aromatic heterocycles. The Morgan fingerprint density at radius 1 is 1.47 bits per heavy atom. The molecular weight excluding hydrogens is 196 g/mol. The molecule has 0 radical (unpaired) electrons. The van der Waals surface area contributed by atoms with Crippen molar-refractivity contribution in [2.45, 2.75) is 38.3 Å². The van der Waals surface area contributed by atoms with Gasteiger partial charge in [-0.2, -0.15) is 0 Å².